The molecule has 0 aliphatic rings. The number of para-hydroxylation sites is 1. The quantitative estimate of drug-likeness (QED) is 0.483. The summed E-state index contributed by atoms with van der Waals surface area (Å²) in [7, 11) is 2.42. The molecule has 0 spiro atoms. The lowest BCUT2D eigenvalue weighted by Gasteiger charge is -2.11. The third-order valence-corrected chi connectivity index (χ3v) is 3.27. The van der Waals surface area contributed by atoms with Crippen LogP contribution in [0.25, 0.3) is 0 Å². The van der Waals surface area contributed by atoms with E-state index < -0.39 is 11.9 Å². The van der Waals surface area contributed by atoms with Gasteiger partial charge in [0.25, 0.3) is 0 Å². The van der Waals surface area contributed by atoms with Crippen LogP contribution >= 0.6 is 0 Å². The molecular weight excluding hydrogens is 338 g/mol. The molecule has 2 rings (SSSR count). The second-order valence-corrected chi connectivity index (χ2v) is 4.92. The van der Waals surface area contributed by atoms with Gasteiger partial charge in [-0.15, -0.1) is 0 Å². The maximum atomic E-state index is 11.9. The first kappa shape index (κ1) is 18.5. The Labute approximate surface area is 150 Å². The highest BCUT2D eigenvalue weighted by Gasteiger charge is 2.14. The summed E-state index contributed by atoms with van der Waals surface area (Å²) in [6.45, 7) is 0. The number of carbonyl (C=O) groups excluding carboxylic acids is 2. The van der Waals surface area contributed by atoms with Gasteiger partial charge >= 0.3 is 11.9 Å². The minimum absolute atomic E-state index is 0.214. The van der Waals surface area contributed by atoms with Crippen molar-refractivity contribution in [2.45, 2.75) is 0 Å². The maximum absolute atomic E-state index is 11.9. The summed E-state index contributed by atoms with van der Waals surface area (Å²) in [5.74, 6) is -0.302. The molecule has 0 bridgehead atoms. The number of nitriles is 1. The number of methoxy groups -OCH3 is 2. The van der Waals surface area contributed by atoms with Crippen molar-refractivity contribution in [3.63, 3.8) is 0 Å². The molecule has 0 radical (unpaired) electrons. The van der Waals surface area contributed by atoms with Gasteiger partial charge in [-0.1, -0.05) is 18.2 Å². The minimum Gasteiger partial charge on any atom is -0.465 e. The highest BCUT2D eigenvalue weighted by molar-refractivity contribution is 5.97. The van der Waals surface area contributed by atoms with E-state index >= 15 is 0 Å². The second-order valence-electron chi connectivity index (χ2n) is 4.92. The van der Waals surface area contributed by atoms with E-state index in [0.717, 1.165) is 6.20 Å². The van der Waals surface area contributed by atoms with E-state index in [4.69, 9.17) is 14.7 Å². The number of carbonyl (C=O) groups is 2. The third kappa shape index (κ3) is 4.61. The average Bonchev–Trinajstić information content (AvgIpc) is 2.68. The molecule has 0 aliphatic heterocycles. The predicted octanol–water partition coefficient (Wildman–Crippen LogP) is 3.26. The Kier molecular flexibility index (Phi) is 6.34. The lowest BCUT2D eigenvalue weighted by Crippen LogP contribution is -2.08. The normalized spacial score (nSPS) is 10.4. The summed E-state index contributed by atoms with van der Waals surface area (Å²) in [5, 5.41) is 11.8. The van der Waals surface area contributed by atoms with Gasteiger partial charge in [0.15, 0.2) is 5.57 Å². The molecule has 0 aromatic heterocycles. The van der Waals surface area contributed by atoms with Crippen molar-refractivity contribution in [1.29, 1.82) is 5.26 Å². The molecule has 7 heteroatoms. The average molecular weight is 354 g/mol. The number of anilines is 1. The van der Waals surface area contributed by atoms with Crippen LogP contribution in [0.4, 0.5) is 5.69 Å². The first-order valence-electron chi connectivity index (χ1n) is 7.49. The van der Waals surface area contributed by atoms with Crippen LogP contribution in [0.15, 0.2) is 60.3 Å². The summed E-state index contributed by atoms with van der Waals surface area (Å²) in [4.78, 5) is 23.4. The van der Waals surface area contributed by atoms with Crippen molar-refractivity contribution in [1.82, 2.24) is 0 Å². The van der Waals surface area contributed by atoms with Crippen molar-refractivity contribution < 1.29 is 23.8 Å². The van der Waals surface area contributed by atoms with Crippen molar-refractivity contribution >= 4 is 17.6 Å². The Morgan fingerprint density at radius 1 is 1.04 bits per heavy atom. The van der Waals surface area contributed by atoms with E-state index in [0.29, 0.717) is 17.2 Å². The SMILES string of the molecule is COC(=O)/C(=C/Nc1cc(Oc2ccccc2)ccc1C(=O)OC)[14C]#N. The molecule has 0 atom stereocenters. The molecule has 0 heterocycles. The predicted molar refractivity (Wildman–Crippen MR) is 93.6 cm³/mol. The van der Waals surface area contributed by atoms with Crippen molar-refractivity contribution in [2.24, 2.45) is 0 Å². The smallest absolute Gasteiger partial charge is 0.350 e. The molecular formula is C19H16N2O5. The standard InChI is InChI=1S/C19H16N2O5/c1-24-18(22)13(11-20)12-21-17-10-15(8-9-16(17)19(23)25-2)26-14-6-4-3-5-7-14/h3-10,12,21H,1-2H3/b13-12+/i11+2. The Morgan fingerprint density at radius 2 is 1.77 bits per heavy atom. The highest BCUT2D eigenvalue weighted by atomic mass is 16.5. The Bertz CT molecular complexity index is 869. The van der Waals surface area contributed by atoms with Crippen molar-refractivity contribution in [2.75, 3.05) is 19.5 Å². The molecule has 0 amide bonds. The van der Waals surface area contributed by atoms with Gasteiger partial charge < -0.3 is 19.5 Å². The van der Waals surface area contributed by atoms with Crippen LogP contribution in [0.3, 0.4) is 0 Å². The number of rotatable bonds is 6. The van der Waals surface area contributed by atoms with Crippen molar-refractivity contribution in [3.8, 4) is 17.6 Å². The molecule has 2 aromatic carbocycles. The lowest BCUT2D eigenvalue weighted by molar-refractivity contribution is -0.135. The molecule has 0 fully saturated rings. The molecule has 1 N–H and O–H groups in total. The zero-order valence-corrected chi connectivity index (χ0v) is 14.2. The number of esters is 2. The van der Waals surface area contributed by atoms with Gasteiger partial charge in [0, 0.05) is 12.3 Å². The third-order valence-electron chi connectivity index (χ3n) is 3.27. The van der Waals surface area contributed by atoms with Gasteiger partial charge in [0.2, 0.25) is 0 Å². The van der Waals surface area contributed by atoms with E-state index in [2.05, 4.69) is 10.1 Å². The molecule has 0 saturated carbocycles. The zero-order valence-electron chi connectivity index (χ0n) is 14.2. The van der Waals surface area contributed by atoms with Crippen molar-refractivity contribution in [3.05, 3.63) is 65.9 Å². The lowest BCUT2D eigenvalue weighted by atomic mass is 10.1. The maximum Gasteiger partial charge on any atom is 0.350 e. The van der Waals surface area contributed by atoms with Crippen LogP contribution in [0, 0.1) is 11.3 Å². The molecule has 0 aliphatic carbocycles. The van der Waals surface area contributed by atoms with E-state index in [-0.39, 0.29) is 11.1 Å². The Balaban J connectivity index is 2.35. The van der Waals surface area contributed by atoms with Gasteiger partial charge in [-0.3, -0.25) is 0 Å². The number of hydrogen-bond donors (Lipinski definition) is 1. The number of nitrogens with zero attached hydrogens (tertiary/aromatic N) is 1. The fraction of sp³-hybridized carbons (Fsp3) is 0.105. The fourth-order valence-electron chi connectivity index (χ4n) is 2.02. The van der Waals surface area contributed by atoms with Crippen LogP contribution in [0.2, 0.25) is 0 Å². The second kappa shape index (κ2) is 8.89. The summed E-state index contributed by atoms with van der Waals surface area (Å²) >= 11 is 0. The van der Waals surface area contributed by atoms with E-state index in [1.807, 2.05) is 18.2 Å². The first-order chi connectivity index (χ1) is 12.6. The van der Waals surface area contributed by atoms with Crippen LogP contribution in [0.5, 0.6) is 11.5 Å². The van der Waals surface area contributed by atoms with Gasteiger partial charge in [-0.2, -0.15) is 5.26 Å². The van der Waals surface area contributed by atoms with Gasteiger partial charge in [-0.25, -0.2) is 9.59 Å². The summed E-state index contributed by atoms with van der Waals surface area (Å²) < 4.78 is 15.0. The summed E-state index contributed by atoms with van der Waals surface area (Å²) in [6.07, 6.45) is 1.15. The molecule has 132 valence electrons. The summed E-state index contributed by atoms with van der Waals surface area (Å²) in [6, 6.07) is 15.5. The zero-order chi connectivity index (χ0) is 18.9. The largest absolute Gasteiger partial charge is 0.465 e. The van der Waals surface area contributed by atoms with Gasteiger partial charge in [-0.05, 0) is 24.3 Å². The van der Waals surface area contributed by atoms with Gasteiger partial charge in [0.1, 0.15) is 17.6 Å². The topological polar surface area (TPSA) is 97.7 Å². The number of nitrogens with one attached hydrogen (secondary N) is 1. The molecule has 0 saturated heterocycles. The van der Waals surface area contributed by atoms with Crippen LogP contribution < -0.4 is 10.1 Å². The summed E-state index contributed by atoms with van der Waals surface area (Å²) in [5.41, 5.74) is 0.269. The number of benzene rings is 2. The molecule has 2 aromatic rings. The molecule has 26 heavy (non-hydrogen) atoms. The van der Waals surface area contributed by atoms with E-state index in [9.17, 15) is 9.59 Å². The Morgan fingerprint density at radius 3 is 2.38 bits per heavy atom. The number of ether oxygens (including phenoxy) is 3. The van der Waals surface area contributed by atoms with Crippen LogP contribution in [-0.2, 0) is 14.3 Å². The number of hydrogen-bond acceptors (Lipinski definition) is 7. The highest BCUT2D eigenvalue weighted by Crippen LogP contribution is 2.27. The fourth-order valence-corrected chi connectivity index (χ4v) is 2.02. The van der Waals surface area contributed by atoms with E-state index in [1.54, 1.807) is 30.3 Å². The monoisotopic (exact) mass is 354 g/mol. The van der Waals surface area contributed by atoms with Crippen LogP contribution in [0.1, 0.15) is 10.4 Å². The van der Waals surface area contributed by atoms with E-state index in [1.165, 1.54) is 20.3 Å². The minimum atomic E-state index is -0.795. The Hall–Kier alpha value is -3.79. The van der Waals surface area contributed by atoms with Crippen LogP contribution in [-0.4, -0.2) is 26.2 Å². The molecule has 7 nitrogen and oxygen atoms in total. The molecule has 0 unspecified atom stereocenters. The van der Waals surface area contributed by atoms with Gasteiger partial charge in [0.05, 0.1) is 25.5 Å². The first-order valence-corrected chi connectivity index (χ1v) is 7.49.